The van der Waals surface area contributed by atoms with E-state index in [-0.39, 0.29) is 5.92 Å². The van der Waals surface area contributed by atoms with Crippen LogP contribution in [0.4, 0.5) is 0 Å². The van der Waals surface area contributed by atoms with Gasteiger partial charge in [0.25, 0.3) is 0 Å². The molecule has 0 bridgehead atoms. The average Bonchev–Trinajstić information content (AvgIpc) is 3.15. The Labute approximate surface area is 280 Å². The quantitative estimate of drug-likeness (QED) is 0.174. The Kier molecular flexibility index (Phi) is 7.54. The van der Waals surface area contributed by atoms with Crippen molar-refractivity contribution >= 4 is 21.8 Å². The van der Waals surface area contributed by atoms with Crippen LogP contribution >= 0.6 is 0 Å². The smallest absolute Gasteiger partial charge is 0.0974 e. The van der Waals surface area contributed by atoms with E-state index in [0.29, 0.717) is 0 Å². The summed E-state index contributed by atoms with van der Waals surface area (Å²) >= 11 is 0. The highest BCUT2D eigenvalue weighted by Gasteiger charge is 2.20. The van der Waals surface area contributed by atoms with E-state index in [1.165, 1.54) is 0 Å². The number of nitrogens with zero attached hydrogens (tertiary/aromatic N) is 4. The zero-order chi connectivity index (χ0) is 32.6. The van der Waals surface area contributed by atoms with Gasteiger partial charge >= 0.3 is 0 Å². The zero-order valence-corrected chi connectivity index (χ0v) is 27.2. The monoisotopic (exact) mass is 618 g/mol. The van der Waals surface area contributed by atoms with E-state index in [9.17, 15) is 0 Å². The van der Waals surface area contributed by atoms with Crippen LogP contribution in [0.1, 0.15) is 31.2 Å². The molecular formula is C44H34N4. The lowest BCUT2D eigenvalue weighted by Gasteiger charge is -2.17. The molecule has 4 nitrogen and oxygen atoms in total. The average molecular weight is 619 g/mol. The molecule has 0 aliphatic rings. The summed E-state index contributed by atoms with van der Waals surface area (Å²) in [7, 11) is 0. The number of hydrogen-bond donors (Lipinski definition) is 0. The largest absolute Gasteiger partial charge is 0.251 e. The van der Waals surface area contributed by atoms with Crippen LogP contribution in [0.25, 0.3) is 78.0 Å². The minimum Gasteiger partial charge on any atom is -0.251 e. The fourth-order valence-corrected chi connectivity index (χ4v) is 6.36. The molecule has 5 aromatic carbocycles. The molecule has 0 unspecified atom stereocenters. The van der Waals surface area contributed by atoms with Crippen LogP contribution < -0.4 is 0 Å². The third kappa shape index (κ3) is 5.41. The van der Waals surface area contributed by atoms with Gasteiger partial charge in [-0.2, -0.15) is 0 Å². The minimum absolute atomic E-state index is 0.274. The summed E-state index contributed by atoms with van der Waals surface area (Å²) in [6.07, 6.45) is 0. The third-order valence-corrected chi connectivity index (χ3v) is 8.90. The van der Waals surface area contributed by atoms with Crippen LogP contribution in [0.15, 0.2) is 146 Å². The molecule has 0 saturated heterocycles. The number of aromatic nitrogens is 4. The Balaban J connectivity index is 1.33. The fraction of sp³-hybridized carbons (Fsp3) is 0.0909. The molecule has 0 saturated carbocycles. The molecule has 4 heteroatoms. The first-order chi connectivity index (χ1) is 23.5. The molecule has 3 aromatic heterocycles. The summed E-state index contributed by atoms with van der Waals surface area (Å²) in [6.45, 7) is 6.42. The molecule has 3 heterocycles. The topological polar surface area (TPSA) is 51.6 Å². The molecular weight excluding hydrogens is 585 g/mol. The van der Waals surface area contributed by atoms with E-state index < -0.39 is 0 Å². The number of fused-ring (bicyclic) bond motifs is 3. The van der Waals surface area contributed by atoms with Crippen molar-refractivity contribution in [3.8, 4) is 56.2 Å². The van der Waals surface area contributed by atoms with Gasteiger partial charge in [-0.3, -0.25) is 9.97 Å². The summed E-state index contributed by atoms with van der Waals surface area (Å²) in [5.41, 5.74) is 13.7. The van der Waals surface area contributed by atoms with Crippen molar-refractivity contribution in [1.82, 2.24) is 19.9 Å². The lowest BCUT2D eigenvalue weighted by Crippen LogP contribution is -2.01. The number of aryl methyl sites for hydroxylation is 1. The molecule has 0 atom stereocenters. The molecule has 0 spiro atoms. The van der Waals surface area contributed by atoms with Crippen LogP contribution in [0.5, 0.6) is 0 Å². The van der Waals surface area contributed by atoms with Gasteiger partial charge < -0.3 is 0 Å². The van der Waals surface area contributed by atoms with Gasteiger partial charge in [0.05, 0.1) is 33.8 Å². The number of hydrogen-bond acceptors (Lipinski definition) is 4. The van der Waals surface area contributed by atoms with Crippen molar-refractivity contribution in [2.45, 2.75) is 26.7 Å². The SMILES string of the molecule is Cc1ccc2ccc3c(-c4ccc(-c5nc(-c6ccccc6)c(-c6ccccc6)nc5-c5ccccc5)cc4)cc(C(C)C)nc3c2n1. The summed E-state index contributed by atoms with van der Waals surface area (Å²) < 4.78 is 0. The first-order valence-electron chi connectivity index (χ1n) is 16.4. The van der Waals surface area contributed by atoms with Gasteiger partial charge in [0.2, 0.25) is 0 Å². The first kappa shape index (κ1) is 29.4. The van der Waals surface area contributed by atoms with Gasteiger partial charge in [0, 0.05) is 44.4 Å². The van der Waals surface area contributed by atoms with Gasteiger partial charge in [-0.1, -0.05) is 147 Å². The molecule has 230 valence electrons. The van der Waals surface area contributed by atoms with Crippen LogP contribution in [0, 0.1) is 6.92 Å². The van der Waals surface area contributed by atoms with Gasteiger partial charge in [0.15, 0.2) is 0 Å². The molecule has 8 rings (SSSR count). The molecule has 0 fully saturated rings. The van der Waals surface area contributed by atoms with Crippen LogP contribution in [-0.2, 0) is 0 Å². The lowest BCUT2D eigenvalue weighted by molar-refractivity contribution is 0.831. The molecule has 48 heavy (non-hydrogen) atoms. The molecule has 8 aromatic rings. The maximum Gasteiger partial charge on any atom is 0.0974 e. The standard InChI is InChI=1S/C44H34N4/c1-28(2)38-27-37(36-26-25-34-20-19-29(3)45-43(34)44(36)46-38)30-21-23-35(24-22-30)42-41(33-17-11-6-12-18-33)47-39(31-13-7-4-8-14-31)40(48-42)32-15-9-5-10-16-32/h4-28H,1-3H3. The van der Waals surface area contributed by atoms with Crippen molar-refractivity contribution < 1.29 is 0 Å². The van der Waals surface area contributed by atoms with Gasteiger partial charge in [-0.05, 0) is 36.1 Å². The number of pyridine rings is 2. The summed E-state index contributed by atoms with van der Waals surface area (Å²) in [5.74, 6) is 0.274. The van der Waals surface area contributed by atoms with E-state index >= 15 is 0 Å². The van der Waals surface area contributed by atoms with E-state index in [2.05, 4.69) is 129 Å². The Bertz CT molecular complexity index is 2400. The van der Waals surface area contributed by atoms with Gasteiger partial charge in [0.1, 0.15) is 0 Å². The third-order valence-electron chi connectivity index (χ3n) is 8.90. The molecule has 0 N–H and O–H groups in total. The van der Waals surface area contributed by atoms with Crippen LogP contribution in [0.3, 0.4) is 0 Å². The maximum atomic E-state index is 5.42. The Morgan fingerprint density at radius 2 is 0.875 bits per heavy atom. The predicted molar refractivity (Wildman–Crippen MR) is 199 cm³/mol. The highest BCUT2D eigenvalue weighted by molar-refractivity contribution is 6.08. The second kappa shape index (κ2) is 12.3. The van der Waals surface area contributed by atoms with Crippen molar-refractivity contribution in [1.29, 1.82) is 0 Å². The maximum absolute atomic E-state index is 5.42. The molecule has 0 aliphatic heterocycles. The molecule has 0 radical (unpaired) electrons. The highest BCUT2D eigenvalue weighted by atomic mass is 14.9. The van der Waals surface area contributed by atoms with E-state index in [4.69, 9.17) is 19.9 Å². The first-order valence-corrected chi connectivity index (χ1v) is 16.4. The predicted octanol–water partition coefficient (Wildman–Crippen LogP) is 11.3. The van der Waals surface area contributed by atoms with E-state index in [1.54, 1.807) is 0 Å². The van der Waals surface area contributed by atoms with E-state index in [0.717, 1.165) is 89.4 Å². The van der Waals surface area contributed by atoms with Gasteiger partial charge in [-0.15, -0.1) is 0 Å². The molecule has 0 amide bonds. The summed E-state index contributed by atoms with van der Waals surface area (Å²) in [4.78, 5) is 20.8. The van der Waals surface area contributed by atoms with Crippen LogP contribution in [0.2, 0.25) is 0 Å². The summed E-state index contributed by atoms with van der Waals surface area (Å²) in [6, 6.07) is 50.5. The second-order valence-corrected chi connectivity index (χ2v) is 12.5. The molecule has 0 aliphatic carbocycles. The number of rotatable bonds is 6. The van der Waals surface area contributed by atoms with Crippen molar-refractivity contribution in [3.63, 3.8) is 0 Å². The fourth-order valence-electron chi connectivity index (χ4n) is 6.36. The van der Waals surface area contributed by atoms with Crippen molar-refractivity contribution in [3.05, 3.63) is 157 Å². The Morgan fingerprint density at radius 1 is 0.417 bits per heavy atom. The van der Waals surface area contributed by atoms with Crippen molar-refractivity contribution in [2.75, 3.05) is 0 Å². The normalized spacial score (nSPS) is 11.4. The minimum atomic E-state index is 0.274. The highest BCUT2D eigenvalue weighted by Crippen LogP contribution is 2.39. The number of benzene rings is 5. The van der Waals surface area contributed by atoms with Crippen LogP contribution in [-0.4, -0.2) is 19.9 Å². The lowest BCUT2D eigenvalue weighted by atomic mass is 9.94. The Morgan fingerprint density at radius 3 is 1.38 bits per heavy atom. The second-order valence-electron chi connectivity index (χ2n) is 12.5. The van der Waals surface area contributed by atoms with Gasteiger partial charge in [-0.25, -0.2) is 9.97 Å². The summed E-state index contributed by atoms with van der Waals surface area (Å²) in [5, 5.41) is 2.20. The van der Waals surface area contributed by atoms with Crippen molar-refractivity contribution in [2.24, 2.45) is 0 Å². The Hall–Kier alpha value is -6.00. The zero-order valence-electron chi connectivity index (χ0n) is 27.2. The van der Waals surface area contributed by atoms with E-state index in [1.807, 2.05) is 37.3 Å².